The topological polar surface area (TPSA) is 29.5 Å². The number of carbonyl (C=O) groups excluding carboxylic acids is 1. The quantitative estimate of drug-likeness (QED) is 0.273. The van der Waals surface area contributed by atoms with Crippen molar-refractivity contribution in [3.63, 3.8) is 0 Å². The predicted molar refractivity (Wildman–Crippen MR) is 76.5 cm³/mol. The van der Waals surface area contributed by atoms with Gasteiger partial charge in [-0.2, -0.15) is 0 Å². The van der Waals surface area contributed by atoms with Crippen LogP contribution in [-0.2, 0) is 9.53 Å². The number of likely N-dealkylation sites (N-methyl/N-ethyl adjacent to an activating group) is 1. The summed E-state index contributed by atoms with van der Waals surface area (Å²) in [6, 6.07) is 0. The number of hydrogen-bond donors (Lipinski definition) is 0. The van der Waals surface area contributed by atoms with Crippen LogP contribution in [0.4, 0.5) is 0 Å². The molecule has 0 heterocycles. The Bertz CT molecular complexity index is 306. The molecule has 0 aliphatic heterocycles. The molecule has 0 bridgehead atoms. The molecule has 0 aliphatic rings. The van der Waals surface area contributed by atoms with Crippen molar-refractivity contribution < 1.29 is 9.53 Å². The monoisotopic (exact) mass is 251 g/mol. The van der Waals surface area contributed by atoms with Crippen molar-refractivity contribution in [3.8, 4) is 0 Å². The lowest BCUT2D eigenvalue weighted by molar-refractivity contribution is -0.139. The number of nitrogens with zero attached hydrogens (tertiary/aromatic N) is 1. The van der Waals surface area contributed by atoms with Gasteiger partial charge in [-0.3, -0.25) is 4.90 Å². The van der Waals surface area contributed by atoms with E-state index in [4.69, 9.17) is 4.74 Å². The highest BCUT2D eigenvalue weighted by molar-refractivity contribution is 5.86. The maximum atomic E-state index is 11.1. The Balaban J connectivity index is 3.56. The number of hydrogen-bond acceptors (Lipinski definition) is 3. The molecular weight excluding hydrogens is 226 g/mol. The van der Waals surface area contributed by atoms with E-state index in [-0.39, 0.29) is 5.97 Å². The summed E-state index contributed by atoms with van der Waals surface area (Å²) in [4.78, 5) is 13.2. The zero-order chi connectivity index (χ0) is 13.8. The zero-order valence-corrected chi connectivity index (χ0v) is 11.8. The third-order valence-corrected chi connectivity index (χ3v) is 2.37. The van der Waals surface area contributed by atoms with E-state index in [1.165, 1.54) is 0 Å². The van der Waals surface area contributed by atoms with E-state index in [1.54, 1.807) is 6.92 Å². The van der Waals surface area contributed by atoms with Gasteiger partial charge in [0.15, 0.2) is 0 Å². The van der Waals surface area contributed by atoms with Crippen molar-refractivity contribution in [2.24, 2.45) is 0 Å². The van der Waals surface area contributed by atoms with Gasteiger partial charge in [0, 0.05) is 18.7 Å². The van der Waals surface area contributed by atoms with Gasteiger partial charge < -0.3 is 4.74 Å². The van der Waals surface area contributed by atoms with Crippen LogP contribution in [0.1, 0.15) is 26.7 Å². The highest BCUT2D eigenvalue weighted by Gasteiger charge is 2.03. The van der Waals surface area contributed by atoms with Gasteiger partial charge in [-0.25, -0.2) is 4.79 Å². The Labute approximate surface area is 111 Å². The Hall–Kier alpha value is -1.35. The van der Waals surface area contributed by atoms with Gasteiger partial charge in [-0.1, -0.05) is 30.9 Å². The van der Waals surface area contributed by atoms with Crippen LogP contribution in [0.2, 0.25) is 0 Å². The van der Waals surface area contributed by atoms with Crippen molar-refractivity contribution in [1.82, 2.24) is 4.90 Å². The molecule has 0 amide bonds. The molecule has 0 aromatic carbocycles. The molecule has 0 aliphatic carbocycles. The second kappa shape index (κ2) is 10.8. The Morgan fingerprint density at radius 2 is 1.94 bits per heavy atom. The van der Waals surface area contributed by atoms with Gasteiger partial charge in [-0.05, 0) is 33.7 Å². The summed E-state index contributed by atoms with van der Waals surface area (Å²) in [5.74, 6) is -0.315. The lowest BCUT2D eigenvalue weighted by Gasteiger charge is -2.14. The van der Waals surface area contributed by atoms with Gasteiger partial charge in [-0.15, -0.1) is 0 Å². The molecule has 0 atom stereocenters. The molecule has 3 nitrogen and oxygen atoms in total. The summed E-state index contributed by atoms with van der Waals surface area (Å²) >= 11 is 0. The summed E-state index contributed by atoms with van der Waals surface area (Å²) < 4.78 is 5.02. The molecule has 0 fully saturated rings. The lowest BCUT2D eigenvalue weighted by atomic mass is 10.2. The maximum Gasteiger partial charge on any atom is 0.333 e. The molecule has 0 rings (SSSR count). The van der Waals surface area contributed by atoms with E-state index in [0.29, 0.717) is 12.2 Å². The maximum absolute atomic E-state index is 11.1. The second-order valence-corrected chi connectivity index (χ2v) is 4.30. The molecule has 3 heteroatoms. The minimum Gasteiger partial charge on any atom is -0.461 e. The van der Waals surface area contributed by atoms with Gasteiger partial charge in [0.2, 0.25) is 0 Å². The SMILES string of the molecule is C=C(C)C(=O)OCCN(C)C/C=C/CC/C=C/C. The van der Waals surface area contributed by atoms with Crippen LogP contribution in [0, 0.1) is 0 Å². The fraction of sp³-hybridized carbons (Fsp3) is 0.533. The summed E-state index contributed by atoms with van der Waals surface area (Å²) in [7, 11) is 2.00. The highest BCUT2D eigenvalue weighted by atomic mass is 16.5. The highest BCUT2D eigenvalue weighted by Crippen LogP contribution is 1.95. The standard InChI is InChI=1S/C15H25NO2/c1-5-6-7-8-9-10-11-16(4)12-13-18-15(17)14(2)3/h5-6,9-10H,2,7-8,11-13H2,1,3-4H3/b6-5+,10-9+. The molecule has 0 radical (unpaired) electrons. The van der Waals surface area contributed by atoms with Crippen molar-refractivity contribution in [2.75, 3.05) is 26.7 Å². The normalized spacial score (nSPS) is 11.6. The molecular formula is C15H25NO2. The molecule has 18 heavy (non-hydrogen) atoms. The van der Waals surface area contributed by atoms with Crippen LogP contribution in [0.5, 0.6) is 0 Å². The fourth-order valence-electron chi connectivity index (χ4n) is 1.24. The fourth-order valence-corrected chi connectivity index (χ4v) is 1.24. The third kappa shape index (κ3) is 9.85. The van der Waals surface area contributed by atoms with Crippen LogP contribution in [0.3, 0.4) is 0 Å². The van der Waals surface area contributed by atoms with Gasteiger partial charge in [0.25, 0.3) is 0 Å². The lowest BCUT2D eigenvalue weighted by Crippen LogP contribution is -2.24. The average molecular weight is 251 g/mol. The number of unbranched alkanes of at least 4 members (excludes halogenated alkanes) is 1. The first-order valence-corrected chi connectivity index (χ1v) is 6.35. The molecule has 0 saturated heterocycles. The molecule has 0 spiro atoms. The largest absolute Gasteiger partial charge is 0.461 e. The Morgan fingerprint density at radius 1 is 1.28 bits per heavy atom. The molecule has 0 unspecified atom stereocenters. The van der Waals surface area contributed by atoms with Crippen molar-refractivity contribution in [3.05, 3.63) is 36.5 Å². The molecule has 0 aromatic heterocycles. The van der Waals surface area contributed by atoms with E-state index in [2.05, 4.69) is 35.8 Å². The number of ether oxygens (including phenoxy) is 1. The van der Waals surface area contributed by atoms with Crippen LogP contribution in [-0.4, -0.2) is 37.6 Å². The average Bonchev–Trinajstić information content (AvgIpc) is 2.33. The Kier molecular flexibility index (Phi) is 9.97. The van der Waals surface area contributed by atoms with E-state index in [1.807, 2.05) is 14.0 Å². The minimum absolute atomic E-state index is 0.315. The first-order chi connectivity index (χ1) is 8.57. The van der Waals surface area contributed by atoms with E-state index in [9.17, 15) is 4.79 Å². The molecule has 0 N–H and O–H groups in total. The summed E-state index contributed by atoms with van der Waals surface area (Å²) in [6.45, 7) is 9.24. The van der Waals surface area contributed by atoms with E-state index >= 15 is 0 Å². The van der Waals surface area contributed by atoms with Gasteiger partial charge >= 0.3 is 5.97 Å². The third-order valence-electron chi connectivity index (χ3n) is 2.37. The molecule has 0 aromatic rings. The number of esters is 1. The zero-order valence-electron chi connectivity index (χ0n) is 11.8. The van der Waals surface area contributed by atoms with E-state index < -0.39 is 0 Å². The van der Waals surface area contributed by atoms with Gasteiger partial charge in [0.1, 0.15) is 6.61 Å². The van der Waals surface area contributed by atoms with Crippen LogP contribution in [0.15, 0.2) is 36.5 Å². The molecule has 0 saturated carbocycles. The predicted octanol–water partition coefficient (Wildman–Crippen LogP) is 2.95. The summed E-state index contributed by atoms with van der Waals surface area (Å²) in [6.07, 6.45) is 10.7. The minimum atomic E-state index is -0.315. The van der Waals surface area contributed by atoms with Crippen LogP contribution < -0.4 is 0 Å². The molecule has 102 valence electrons. The van der Waals surface area contributed by atoms with Crippen molar-refractivity contribution in [2.45, 2.75) is 26.7 Å². The first kappa shape index (κ1) is 16.6. The second-order valence-electron chi connectivity index (χ2n) is 4.30. The van der Waals surface area contributed by atoms with Crippen LogP contribution in [0.25, 0.3) is 0 Å². The van der Waals surface area contributed by atoms with Gasteiger partial charge in [0.05, 0.1) is 0 Å². The first-order valence-electron chi connectivity index (χ1n) is 6.35. The number of allylic oxidation sites excluding steroid dienone is 3. The summed E-state index contributed by atoms with van der Waals surface area (Å²) in [5, 5.41) is 0. The summed E-state index contributed by atoms with van der Waals surface area (Å²) in [5.41, 5.74) is 0.446. The van der Waals surface area contributed by atoms with Crippen molar-refractivity contribution >= 4 is 5.97 Å². The van der Waals surface area contributed by atoms with E-state index in [0.717, 1.165) is 25.9 Å². The van der Waals surface area contributed by atoms with Crippen molar-refractivity contribution in [1.29, 1.82) is 0 Å². The number of rotatable bonds is 9. The Morgan fingerprint density at radius 3 is 2.56 bits per heavy atom. The number of carbonyl (C=O) groups is 1. The smallest absolute Gasteiger partial charge is 0.333 e. The van der Waals surface area contributed by atoms with Crippen LogP contribution >= 0.6 is 0 Å².